The van der Waals surface area contributed by atoms with Gasteiger partial charge in [0, 0.05) is 38.4 Å². The number of methoxy groups -OCH3 is 1. The van der Waals surface area contributed by atoms with Crippen LogP contribution in [0.3, 0.4) is 0 Å². The Morgan fingerprint density at radius 3 is 2.44 bits per heavy atom. The van der Waals surface area contributed by atoms with Crippen LogP contribution in [0.5, 0.6) is 5.75 Å². The number of para-hydroxylation sites is 3. The third-order valence-corrected chi connectivity index (χ3v) is 6.20. The molecule has 0 bridgehead atoms. The van der Waals surface area contributed by atoms with E-state index in [0.29, 0.717) is 12.5 Å². The van der Waals surface area contributed by atoms with Gasteiger partial charge < -0.3 is 20.3 Å². The largest absolute Gasteiger partial charge is 0.495 e. The van der Waals surface area contributed by atoms with E-state index < -0.39 is 0 Å². The number of hydrogen-bond acceptors (Lipinski definition) is 8. The lowest BCUT2D eigenvalue weighted by Gasteiger charge is -2.36. The molecule has 32 heavy (non-hydrogen) atoms. The van der Waals surface area contributed by atoms with E-state index in [-0.39, 0.29) is 5.95 Å². The van der Waals surface area contributed by atoms with Gasteiger partial charge in [-0.1, -0.05) is 30.3 Å². The van der Waals surface area contributed by atoms with Gasteiger partial charge in [-0.25, -0.2) is 0 Å². The molecule has 5 rings (SSSR count). The van der Waals surface area contributed by atoms with Crippen molar-refractivity contribution in [2.24, 2.45) is 0 Å². The zero-order valence-electron chi connectivity index (χ0n) is 18.4. The van der Waals surface area contributed by atoms with Crippen LogP contribution in [-0.2, 0) is 13.0 Å². The summed E-state index contributed by atoms with van der Waals surface area (Å²) in [5.41, 5.74) is 9.73. The molecule has 0 radical (unpaired) electrons. The smallest absolute Gasteiger partial charge is 0.235 e. The quantitative estimate of drug-likeness (QED) is 0.660. The van der Waals surface area contributed by atoms with E-state index in [0.717, 1.165) is 62.8 Å². The van der Waals surface area contributed by atoms with E-state index in [1.54, 1.807) is 7.11 Å². The second-order valence-corrected chi connectivity index (χ2v) is 8.23. The maximum atomic E-state index is 6.09. The van der Waals surface area contributed by atoms with E-state index in [4.69, 9.17) is 15.5 Å². The standard InChI is InChI=1S/C24H29N7O/c1-32-21-11-5-4-10-20(21)30-15-13-29(14-16-30)17-22-26-23(25)28-24(27-22)31-12-6-8-18-7-2-3-9-19(18)31/h2-5,7,9-11H,6,8,12-17H2,1H3,(H2,25,26,27,28). The Kier molecular flexibility index (Phi) is 5.77. The number of nitrogens with zero attached hydrogens (tertiary/aromatic N) is 6. The molecule has 8 nitrogen and oxygen atoms in total. The van der Waals surface area contributed by atoms with Crippen molar-refractivity contribution in [2.75, 3.05) is 55.4 Å². The molecule has 3 aromatic rings. The van der Waals surface area contributed by atoms with Gasteiger partial charge in [-0.05, 0) is 36.6 Å². The van der Waals surface area contributed by atoms with E-state index in [1.165, 1.54) is 11.3 Å². The third-order valence-electron chi connectivity index (χ3n) is 6.20. The van der Waals surface area contributed by atoms with Crippen LogP contribution in [0.2, 0.25) is 0 Å². The molecule has 1 saturated heterocycles. The summed E-state index contributed by atoms with van der Waals surface area (Å²) in [6.07, 6.45) is 2.15. The second-order valence-electron chi connectivity index (χ2n) is 8.23. The van der Waals surface area contributed by atoms with Gasteiger partial charge in [0.05, 0.1) is 19.3 Å². The Morgan fingerprint density at radius 2 is 1.62 bits per heavy atom. The summed E-state index contributed by atoms with van der Waals surface area (Å²) in [5, 5.41) is 0. The van der Waals surface area contributed by atoms with Crippen LogP contribution >= 0.6 is 0 Å². The highest BCUT2D eigenvalue weighted by atomic mass is 16.5. The molecule has 0 atom stereocenters. The molecule has 0 amide bonds. The Balaban J connectivity index is 1.29. The minimum Gasteiger partial charge on any atom is -0.495 e. The lowest BCUT2D eigenvalue weighted by Crippen LogP contribution is -2.46. The van der Waals surface area contributed by atoms with Gasteiger partial charge in [0.15, 0.2) is 0 Å². The van der Waals surface area contributed by atoms with E-state index >= 15 is 0 Å². The van der Waals surface area contributed by atoms with Crippen LogP contribution in [-0.4, -0.2) is 59.7 Å². The molecule has 2 N–H and O–H groups in total. The maximum absolute atomic E-state index is 6.09. The van der Waals surface area contributed by atoms with Crippen molar-refractivity contribution in [1.29, 1.82) is 0 Å². The number of fused-ring (bicyclic) bond motifs is 1. The molecule has 0 aliphatic carbocycles. The van der Waals surface area contributed by atoms with E-state index in [1.807, 2.05) is 12.1 Å². The van der Waals surface area contributed by atoms with Gasteiger partial charge >= 0.3 is 0 Å². The molecule has 1 fully saturated rings. The average molecular weight is 432 g/mol. The zero-order chi connectivity index (χ0) is 21.9. The maximum Gasteiger partial charge on any atom is 0.235 e. The number of rotatable bonds is 5. The van der Waals surface area contributed by atoms with Crippen LogP contribution in [0.1, 0.15) is 17.8 Å². The monoisotopic (exact) mass is 431 g/mol. The molecule has 0 unspecified atom stereocenters. The van der Waals surface area contributed by atoms with Crippen molar-refractivity contribution >= 4 is 23.3 Å². The summed E-state index contributed by atoms with van der Waals surface area (Å²) in [6.45, 7) is 5.24. The Bertz CT molecular complexity index is 1080. The fourth-order valence-electron chi connectivity index (χ4n) is 4.60. The van der Waals surface area contributed by atoms with E-state index in [2.05, 4.69) is 61.1 Å². The summed E-state index contributed by atoms with van der Waals surface area (Å²) in [5.74, 6) is 2.56. The Morgan fingerprint density at radius 1 is 0.875 bits per heavy atom. The van der Waals surface area contributed by atoms with Gasteiger partial charge in [0.2, 0.25) is 11.9 Å². The van der Waals surface area contributed by atoms with Crippen molar-refractivity contribution < 1.29 is 4.74 Å². The van der Waals surface area contributed by atoms with Crippen LogP contribution in [0.4, 0.5) is 23.3 Å². The van der Waals surface area contributed by atoms with Crippen molar-refractivity contribution in [3.05, 3.63) is 59.9 Å². The highest BCUT2D eigenvalue weighted by Crippen LogP contribution is 2.32. The van der Waals surface area contributed by atoms with Crippen molar-refractivity contribution in [3.63, 3.8) is 0 Å². The van der Waals surface area contributed by atoms with Crippen LogP contribution in [0.25, 0.3) is 0 Å². The van der Waals surface area contributed by atoms with E-state index in [9.17, 15) is 0 Å². The molecule has 0 saturated carbocycles. The van der Waals surface area contributed by atoms with Gasteiger partial charge in [0.1, 0.15) is 11.6 Å². The molecule has 2 aliphatic rings. The second kappa shape index (κ2) is 9.00. The van der Waals surface area contributed by atoms with Crippen LogP contribution < -0.4 is 20.3 Å². The third kappa shape index (κ3) is 4.18. The Hall–Kier alpha value is -3.39. The number of benzene rings is 2. The number of anilines is 4. The predicted octanol–water partition coefficient (Wildman–Crippen LogP) is 2.87. The van der Waals surface area contributed by atoms with Gasteiger partial charge in [-0.15, -0.1) is 0 Å². The first-order valence-corrected chi connectivity index (χ1v) is 11.2. The predicted molar refractivity (Wildman–Crippen MR) is 126 cm³/mol. The average Bonchev–Trinajstić information content (AvgIpc) is 2.84. The highest BCUT2D eigenvalue weighted by Gasteiger charge is 2.23. The SMILES string of the molecule is COc1ccccc1N1CCN(Cc2nc(N)nc(N3CCCc4ccccc43)n2)CC1. The fraction of sp³-hybridized carbons (Fsp3) is 0.375. The molecule has 1 aromatic heterocycles. The summed E-state index contributed by atoms with van der Waals surface area (Å²) < 4.78 is 5.53. The number of hydrogen-bond donors (Lipinski definition) is 1. The topological polar surface area (TPSA) is 83.6 Å². The van der Waals surface area contributed by atoms with Crippen molar-refractivity contribution in [3.8, 4) is 5.75 Å². The molecule has 166 valence electrons. The van der Waals surface area contributed by atoms with Gasteiger partial charge in [-0.3, -0.25) is 4.90 Å². The minimum absolute atomic E-state index is 0.278. The number of nitrogen functional groups attached to an aromatic ring is 1. The van der Waals surface area contributed by atoms with Crippen LogP contribution in [0.15, 0.2) is 48.5 Å². The summed E-state index contributed by atoms with van der Waals surface area (Å²) >= 11 is 0. The van der Waals surface area contributed by atoms with Crippen molar-refractivity contribution in [1.82, 2.24) is 19.9 Å². The molecule has 8 heteroatoms. The first kappa shape index (κ1) is 20.5. The number of ether oxygens (including phenoxy) is 1. The number of aromatic nitrogens is 3. The molecule has 3 heterocycles. The summed E-state index contributed by atoms with van der Waals surface area (Å²) in [4.78, 5) is 20.6. The fourth-order valence-corrected chi connectivity index (χ4v) is 4.60. The normalized spacial score (nSPS) is 16.7. The minimum atomic E-state index is 0.278. The first-order chi connectivity index (χ1) is 15.7. The lowest BCUT2D eigenvalue weighted by atomic mass is 10.0. The summed E-state index contributed by atoms with van der Waals surface area (Å²) in [7, 11) is 1.72. The molecule has 0 spiro atoms. The lowest BCUT2D eigenvalue weighted by molar-refractivity contribution is 0.243. The van der Waals surface area contributed by atoms with Crippen LogP contribution in [0, 0.1) is 0 Å². The highest BCUT2D eigenvalue weighted by molar-refractivity contribution is 5.63. The number of nitrogens with two attached hydrogens (primary N) is 1. The first-order valence-electron chi connectivity index (χ1n) is 11.2. The van der Waals surface area contributed by atoms with Crippen molar-refractivity contribution in [2.45, 2.75) is 19.4 Å². The number of aryl methyl sites for hydroxylation is 1. The molecule has 2 aliphatic heterocycles. The molecular formula is C24H29N7O. The molecular weight excluding hydrogens is 402 g/mol. The van der Waals surface area contributed by atoms with Gasteiger partial charge in [0.25, 0.3) is 0 Å². The zero-order valence-corrected chi connectivity index (χ0v) is 18.4. The number of piperazine rings is 1. The Labute approximate surface area is 188 Å². The molecule has 2 aromatic carbocycles. The summed E-state index contributed by atoms with van der Waals surface area (Å²) in [6, 6.07) is 16.6. The van der Waals surface area contributed by atoms with Gasteiger partial charge in [-0.2, -0.15) is 15.0 Å².